The van der Waals surface area contributed by atoms with Crippen molar-refractivity contribution in [3.8, 4) is 0 Å². The molecule has 0 radical (unpaired) electrons. The Morgan fingerprint density at radius 2 is 0.639 bits per heavy atom. The Balaban J connectivity index is 0.000000129. The second kappa shape index (κ2) is 45.0. The minimum atomic E-state index is -4.21. The summed E-state index contributed by atoms with van der Waals surface area (Å²) in [5.41, 5.74) is 10.2. The van der Waals surface area contributed by atoms with Crippen molar-refractivity contribution in [2.75, 3.05) is 89.9 Å². The number of ether oxygens (including phenoxy) is 5. The van der Waals surface area contributed by atoms with E-state index >= 15 is 0 Å². The molecule has 5 fully saturated rings. The molecule has 764 valence electrons. The zero-order chi connectivity index (χ0) is 103. The van der Waals surface area contributed by atoms with Crippen LogP contribution in [0.5, 0.6) is 0 Å². The number of piperidine rings is 5. The van der Waals surface area contributed by atoms with E-state index in [-0.39, 0.29) is 135 Å². The van der Waals surface area contributed by atoms with Crippen LogP contribution < -0.4 is 24.5 Å². The number of fused-ring (bicyclic) bond motifs is 5. The summed E-state index contributed by atoms with van der Waals surface area (Å²) in [5, 5.41) is 12.8. The van der Waals surface area contributed by atoms with Gasteiger partial charge >= 0.3 is 30.5 Å². The zero-order valence-electron chi connectivity index (χ0n) is 77.1. The first-order valence-electron chi connectivity index (χ1n) is 45.5. The Kier molecular flexibility index (Phi) is 33.5. The van der Waals surface area contributed by atoms with Gasteiger partial charge in [-0.2, -0.15) is 21.5 Å². The number of nitro benzene ring substituents is 1. The number of carbonyl (C=O) groups excluding carboxylic acids is 5. The number of hydrogen-bond acceptors (Lipinski definition) is 23. The van der Waals surface area contributed by atoms with Gasteiger partial charge in [0.2, 0.25) is 40.1 Å². The Morgan fingerprint density at radius 1 is 0.333 bits per heavy atom. The molecule has 0 N–H and O–H groups in total. The summed E-state index contributed by atoms with van der Waals surface area (Å²) in [4.78, 5) is 80.3. The molecule has 1 aromatic heterocycles. The van der Waals surface area contributed by atoms with Gasteiger partial charge in [-0.05, 0) is 256 Å². The van der Waals surface area contributed by atoms with Gasteiger partial charge in [-0.15, -0.1) is 11.3 Å². The number of aryl methyl sites for hydroxylation is 3. The molecule has 10 aliphatic rings. The number of non-ortho nitro benzene ring substituents is 1. The summed E-state index contributed by atoms with van der Waals surface area (Å²) in [6, 6.07) is 47.0. The summed E-state index contributed by atoms with van der Waals surface area (Å²) in [6.45, 7) is 8.80. The number of rotatable bonds is 16. The zero-order valence-corrected chi connectivity index (χ0v) is 91.6. The summed E-state index contributed by atoms with van der Waals surface area (Å²) >= 11 is 21.2. The van der Waals surface area contributed by atoms with Crippen molar-refractivity contribution >= 4 is 222 Å². The molecule has 20 rings (SSSR count). The van der Waals surface area contributed by atoms with E-state index in [1.165, 1.54) is 52.8 Å². The lowest BCUT2D eigenvalue weighted by molar-refractivity contribution is -0.385. The monoisotopic (exact) mass is 2470 g/mol. The molecule has 0 unspecified atom stereocenters. The van der Waals surface area contributed by atoms with E-state index in [0.29, 0.717) is 117 Å². The molecule has 0 spiro atoms. The summed E-state index contributed by atoms with van der Waals surface area (Å²) in [6.07, 6.45) is 2.70. The van der Waals surface area contributed by atoms with Gasteiger partial charge in [0.15, 0.2) is 0 Å². The molecule has 11 heterocycles. The molecule has 0 bridgehead atoms. The van der Waals surface area contributed by atoms with Gasteiger partial charge in [0.05, 0.1) is 52.5 Å². The number of halogens is 9. The maximum absolute atomic E-state index is 14.2. The SMILES string of the molecule is Cc1ccc(F)cc1S(=O)(=O)N1CCC(N2C(=O)OCc3cc(Br)ccc32)CC1.Cc1ccc([N+](=O)[O-])cc1S(=O)(=O)N1CCC(N2C(=O)OCc3cc(Br)ccc32)CC1.Cc1cccc(S(=O)(=O)N2CCC(N3C(=O)OCc4cc(Br)ccc43)CC2)c1.O=C1OCc2cc(Br)ccc2N1C1CCN(S(=O)(=O)c2cc(F)c(Br)cc2F)CC1.O=C1OCc2cc(Br)ccc2N1C1CCN(S(=O)(=O)c2cccs2)CC1. The van der Waals surface area contributed by atoms with Crippen LogP contribution in [0.2, 0.25) is 0 Å². The number of sulfonamides is 5. The van der Waals surface area contributed by atoms with Gasteiger partial charge in [-0.1, -0.05) is 110 Å². The van der Waals surface area contributed by atoms with Gasteiger partial charge in [0, 0.05) is 158 Å². The average Bonchev–Trinajstić information content (AvgIpc) is 0.960. The van der Waals surface area contributed by atoms with Crippen molar-refractivity contribution in [1.29, 1.82) is 0 Å². The number of benzene rings is 9. The fourth-order valence-electron chi connectivity index (χ4n) is 18.9. The normalized spacial score (nSPS) is 18.5. The molecule has 9 aromatic carbocycles. The highest BCUT2D eigenvalue weighted by atomic mass is 79.9. The summed E-state index contributed by atoms with van der Waals surface area (Å²) < 4.78 is 209. The third kappa shape index (κ3) is 23.4. The fourth-order valence-corrected chi connectivity index (χ4v) is 30.4. The number of nitro groups is 1. The number of amides is 5. The van der Waals surface area contributed by atoms with Crippen LogP contribution in [0.4, 0.5) is 71.3 Å². The largest absolute Gasteiger partial charge is 0.444 e. The Hall–Kier alpha value is -9.35. The van der Waals surface area contributed by atoms with E-state index in [2.05, 4.69) is 95.6 Å². The number of anilines is 5. The van der Waals surface area contributed by atoms with Gasteiger partial charge in [0.25, 0.3) is 15.7 Å². The first-order chi connectivity index (χ1) is 68.5. The Labute approximate surface area is 885 Å². The highest BCUT2D eigenvalue weighted by Crippen LogP contribution is 2.44. The van der Waals surface area contributed by atoms with Gasteiger partial charge < -0.3 is 23.7 Å². The molecule has 5 amide bonds. The summed E-state index contributed by atoms with van der Waals surface area (Å²) in [5.74, 6) is -2.46. The van der Waals surface area contributed by atoms with Crippen LogP contribution in [0, 0.1) is 48.3 Å². The third-order valence-corrected chi connectivity index (χ3v) is 40.5. The Bertz CT molecular complexity index is 7270. The molecular weight excluding hydrogens is 2390 g/mol. The molecular formula is C96H94Br6F3N11O22S6. The molecule has 33 nitrogen and oxygen atoms in total. The van der Waals surface area contributed by atoms with Crippen molar-refractivity contribution in [3.05, 3.63) is 280 Å². The van der Waals surface area contributed by atoms with E-state index in [0.717, 1.165) is 107 Å². The van der Waals surface area contributed by atoms with Crippen LogP contribution in [0.3, 0.4) is 0 Å². The van der Waals surface area contributed by atoms with Crippen molar-refractivity contribution < 1.29 is 108 Å². The van der Waals surface area contributed by atoms with Crippen molar-refractivity contribution in [2.24, 2.45) is 0 Å². The molecule has 10 aromatic rings. The predicted molar refractivity (Wildman–Crippen MR) is 551 cm³/mol. The quantitative estimate of drug-likeness (QED) is 0.0375. The number of cyclic esters (lactones) is 5. The lowest BCUT2D eigenvalue weighted by Crippen LogP contribution is -2.50. The highest BCUT2D eigenvalue weighted by Gasteiger charge is 2.46. The predicted octanol–water partition coefficient (Wildman–Crippen LogP) is 20.9. The molecule has 5 saturated heterocycles. The van der Waals surface area contributed by atoms with Gasteiger partial charge in [-0.3, -0.25) is 34.6 Å². The number of hydrogen-bond donors (Lipinski definition) is 0. The van der Waals surface area contributed by atoms with Crippen molar-refractivity contribution in [2.45, 2.75) is 172 Å². The second-order valence-electron chi connectivity index (χ2n) is 35.2. The fraction of sp³-hybridized carbons (Fsp3) is 0.344. The standard InChI is InChI=1S/C20H20BrFN2O4S.C20H20BrN3O6S.C20H21BrN2O4S.C19H16Br2F2N2O4S.C17H17BrN2O4S2/c1-13-2-4-16(22)11-19(13)29(26,27)23-8-6-17(7-9-23)24-18-5-3-15(21)10-14(18)12-28-20(24)25;1-13-2-4-17(24(26)27)11-19(13)31(28,29)22-8-6-16(7-9-22)23-18-5-3-15(21)10-14(18)12-30-20(23)25;1-14-3-2-4-18(11-14)28(25,26)22-9-7-17(8-10-22)23-19-6-5-16(21)12-15(19)13-27-20(23)24;20-12-1-2-17-11(7-12)10-29-19(26)25(17)13-3-5-24(6-4-13)30(27,28)18-9-15(22)14(21)8-16(18)23;18-13-3-4-15-12(10-13)11-24-17(21)20(15)14-5-7-19(8-6-14)26(22,23)16-2-1-9-25-16/h2-5,10-11,17H,6-9,12H2,1H3;2-5,10-11,16H,6-9,12H2,1H3;2-6,11-12,17H,7-10,13H2,1H3;1-2,7-9,13H,3-6,10H2;1-4,9-10,14H,5-8,11H2. The molecule has 144 heavy (non-hydrogen) atoms. The molecule has 0 saturated carbocycles. The first-order valence-corrected chi connectivity index (χ1v) is 58.3. The molecule has 0 aliphatic carbocycles. The van der Waals surface area contributed by atoms with Gasteiger partial charge in [0.1, 0.15) is 59.6 Å². The Morgan fingerprint density at radius 3 is 0.951 bits per heavy atom. The number of nitrogens with zero attached hydrogens (tertiary/aromatic N) is 11. The van der Waals surface area contributed by atoms with Gasteiger partial charge in [-0.25, -0.2) is 79.2 Å². The molecule has 10 aliphatic heterocycles. The van der Waals surface area contributed by atoms with Crippen LogP contribution >= 0.6 is 107 Å². The lowest BCUT2D eigenvalue weighted by atomic mass is 10.0. The highest BCUT2D eigenvalue weighted by molar-refractivity contribution is 9.11. The average molecular weight is 2480 g/mol. The smallest absolute Gasteiger partial charge is 0.414 e. The van der Waals surface area contributed by atoms with E-state index in [4.69, 9.17) is 23.7 Å². The van der Waals surface area contributed by atoms with E-state index in [9.17, 15) is 89.3 Å². The van der Waals surface area contributed by atoms with Crippen LogP contribution in [0.15, 0.2) is 232 Å². The first kappa shape index (κ1) is 107. The molecule has 0 atom stereocenters. The van der Waals surface area contributed by atoms with Crippen molar-refractivity contribution in [3.63, 3.8) is 0 Å². The van der Waals surface area contributed by atoms with Crippen molar-refractivity contribution in [1.82, 2.24) is 21.5 Å². The van der Waals surface area contributed by atoms with Crippen LogP contribution in [-0.4, -0.2) is 195 Å². The van der Waals surface area contributed by atoms with Crippen LogP contribution in [-0.2, 0) is 107 Å². The minimum Gasteiger partial charge on any atom is -0.444 e. The van der Waals surface area contributed by atoms with E-state index < -0.39 is 95.7 Å². The summed E-state index contributed by atoms with van der Waals surface area (Å²) in [7, 11) is -18.9. The maximum Gasteiger partial charge on any atom is 0.414 e. The topological polar surface area (TPSA) is 378 Å². The van der Waals surface area contributed by atoms with Crippen LogP contribution in [0.25, 0.3) is 0 Å². The van der Waals surface area contributed by atoms with E-state index in [1.54, 1.807) is 74.1 Å². The number of carbonyl (C=O) groups is 5. The lowest BCUT2D eigenvalue weighted by Gasteiger charge is -2.39. The molecule has 48 heteroatoms. The number of thiophene rings is 1. The minimum absolute atomic E-state index is 0.0106. The third-order valence-electron chi connectivity index (χ3n) is 26.3. The van der Waals surface area contributed by atoms with E-state index in [1.807, 2.05) is 104 Å². The van der Waals surface area contributed by atoms with Crippen LogP contribution in [0.1, 0.15) is 109 Å². The maximum atomic E-state index is 14.2. The second-order valence-corrected chi connectivity index (χ2v) is 51.4.